The Morgan fingerprint density at radius 1 is 0.867 bits per heavy atom. The molecule has 15 heavy (non-hydrogen) atoms. The van der Waals surface area contributed by atoms with Gasteiger partial charge < -0.3 is 0 Å². The largest absolute Gasteiger partial charge is 0.0683 e. The van der Waals surface area contributed by atoms with E-state index < -0.39 is 0 Å². The minimum Gasteiger partial charge on any atom is -0.0683 e. The second kappa shape index (κ2) is 5.92. The summed E-state index contributed by atoms with van der Waals surface area (Å²) >= 11 is 0. The molecule has 0 N–H and O–H groups in total. The third kappa shape index (κ3) is 2.57. The highest BCUT2D eigenvalue weighted by atomic mass is 14.6. The Hall–Kier alpha value is 0. The molecule has 3 rings (SSSR count). The molecule has 0 aromatic heterocycles. The van der Waals surface area contributed by atoms with Crippen LogP contribution in [0.3, 0.4) is 0 Å². The molecule has 0 heterocycles. The number of fused-ring (bicyclic) bond motifs is 2. The molecule has 3 aliphatic carbocycles. The van der Waals surface area contributed by atoms with Crippen LogP contribution < -0.4 is 0 Å². The van der Waals surface area contributed by atoms with Gasteiger partial charge in [0.15, 0.2) is 0 Å². The summed E-state index contributed by atoms with van der Waals surface area (Å²) < 4.78 is 0. The van der Waals surface area contributed by atoms with Gasteiger partial charge in [0.2, 0.25) is 0 Å². The van der Waals surface area contributed by atoms with Crippen molar-refractivity contribution in [1.29, 1.82) is 0 Å². The fourth-order valence-corrected chi connectivity index (χ4v) is 3.41. The van der Waals surface area contributed by atoms with Crippen molar-refractivity contribution in [2.24, 2.45) is 29.1 Å². The Morgan fingerprint density at radius 3 is 1.60 bits per heavy atom. The average Bonchev–Trinajstić information content (AvgIpc) is 2.27. The summed E-state index contributed by atoms with van der Waals surface area (Å²) in [5, 5.41) is 0. The van der Waals surface area contributed by atoms with Gasteiger partial charge in [-0.25, -0.2) is 0 Å². The summed E-state index contributed by atoms with van der Waals surface area (Å²) in [6.45, 7) is 17.8. The maximum atomic E-state index is 2.47. The van der Waals surface area contributed by atoms with Crippen molar-refractivity contribution in [3.8, 4) is 0 Å². The minimum absolute atomic E-state index is 0.686. The molecule has 0 saturated heterocycles. The smallest absolute Gasteiger partial charge is 0.0295 e. The quantitative estimate of drug-likeness (QED) is 0.506. The Kier molecular flexibility index (Phi) is 5.92. The molecular formula is C15H32. The van der Waals surface area contributed by atoms with Gasteiger partial charge in [-0.15, -0.1) is 0 Å². The summed E-state index contributed by atoms with van der Waals surface area (Å²) in [5.74, 6) is 4.07. The van der Waals surface area contributed by atoms with E-state index in [2.05, 4.69) is 27.7 Å². The summed E-state index contributed by atoms with van der Waals surface area (Å²) in [5.41, 5.74) is 0.686. The van der Waals surface area contributed by atoms with Gasteiger partial charge in [0.25, 0.3) is 0 Å². The molecule has 3 saturated carbocycles. The van der Waals surface area contributed by atoms with E-state index in [0.717, 1.165) is 23.7 Å². The van der Waals surface area contributed by atoms with Crippen LogP contribution >= 0.6 is 0 Å². The van der Waals surface area contributed by atoms with Crippen LogP contribution in [-0.4, -0.2) is 0 Å². The Morgan fingerprint density at radius 2 is 1.33 bits per heavy atom. The lowest BCUT2D eigenvalue weighted by atomic mass is 9.44. The molecule has 3 fully saturated rings. The molecule has 0 radical (unpaired) electrons. The molecule has 0 heteroatoms. The van der Waals surface area contributed by atoms with Crippen LogP contribution in [0.2, 0.25) is 0 Å². The van der Waals surface area contributed by atoms with Gasteiger partial charge in [-0.05, 0) is 41.9 Å². The van der Waals surface area contributed by atoms with Gasteiger partial charge in [-0.2, -0.15) is 0 Å². The predicted octanol–water partition coefficient (Wildman–Crippen LogP) is 5.38. The highest BCUT2D eigenvalue weighted by molar-refractivity contribution is 5.03. The van der Waals surface area contributed by atoms with Crippen LogP contribution in [-0.2, 0) is 0 Å². The molecule has 2 bridgehead atoms. The zero-order valence-corrected chi connectivity index (χ0v) is 12.2. The summed E-state index contributed by atoms with van der Waals surface area (Å²) in [6, 6.07) is 0. The van der Waals surface area contributed by atoms with E-state index in [1.165, 1.54) is 12.8 Å². The fourth-order valence-electron chi connectivity index (χ4n) is 3.41. The molecule has 0 amide bonds. The lowest BCUT2D eigenvalue weighted by Crippen LogP contribution is -2.54. The average molecular weight is 212 g/mol. The topological polar surface area (TPSA) is 0 Å². The van der Waals surface area contributed by atoms with Gasteiger partial charge >= 0.3 is 0 Å². The second-order valence-electron chi connectivity index (χ2n) is 5.43. The summed E-state index contributed by atoms with van der Waals surface area (Å²) in [7, 11) is 0. The van der Waals surface area contributed by atoms with Crippen molar-refractivity contribution in [2.75, 3.05) is 0 Å². The lowest BCUT2D eigenvalue weighted by molar-refractivity contribution is -0.124. The van der Waals surface area contributed by atoms with Crippen molar-refractivity contribution in [1.82, 2.24) is 0 Å². The first-order chi connectivity index (χ1) is 7.03. The van der Waals surface area contributed by atoms with E-state index >= 15 is 0 Å². The Balaban J connectivity index is 0.000000442. The van der Waals surface area contributed by atoms with Crippen molar-refractivity contribution in [2.45, 2.75) is 68.2 Å². The standard InChI is InChI=1S/C11H20.2C2H6/c1-7-5-9-6-10(8(7)2)11(9,3)4;2*1-2/h7-10H,5-6H2,1-4H3;2*1-2H3/t7-,8+,9-,10-;;/m0../s1. The van der Waals surface area contributed by atoms with E-state index in [-0.39, 0.29) is 0 Å². The minimum atomic E-state index is 0.686. The first kappa shape index (κ1) is 15.0. The predicted molar refractivity (Wildman–Crippen MR) is 71.0 cm³/mol. The van der Waals surface area contributed by atoms with E-state index in [1.807, 2.05) is 27.7 Å². The second-order valence-corrected chi connectivity index (χ2v) is 5.43. The molecule has 0 unspecified atom stereocenters. The number of rotatable bonds is 0. The van der Waals surface area contributed by atoms with Crippen LogP contribution in [0.1, 0.15) is 68.2 Å². The zero-order valence-electron chi connectivity index (χ0n) is 12.2. The molecule has 0 aromatic rings. The first-order valence-electron chi connectivity index (χ1n) is 7.03. The van der Waals surface area contributed by atoms with Crippen molar-refractivity contribution in [3.63, 3.8) is 0 Å². The Bertz CT molecular complexity index is 169. The third-order valence-corrected chi connectivity index (χ3v) is 4.73. The van der Waals surface area contributed by atoms with Crippen molar-refractivity contribution in [3.05, 3.63) is 0 Å². The van der Waals surface area contributed by atoms with Gasteiger partial charge in [0, 0.05) is 0 Å². The van der Waals surface area contributed by atoms with Gasteiger partial charge in [0.1, 0.15) is 0 Å². The fraction of sp³-hybridized carbons (Fsp3) is 1.00. The maximum absolute atomic E-state index is 2.47. The molecule has 4 atom stereocenters. The van der Waals surface area contributed by atoms with E-state index in [9.17, 15) is 0 Å². The van der Waals surface area contributed by atoms with Crippen LogP contribution in [0.25, 0.3) is 0 Å². The summed E-state index contributed by atoms with van der Waals surface area (Å²) in [6.07, 6.45) is 3.02. The SMILES string of the molecule is CC.CC.C[C@@H]1[C@@H](C)C[C@H]2C[C@@H]1C2(C)C. The monoisotopic (exact) mass is 212 g/mol. The van der Waals surface area contributed by atoms with Crippen LogP contribution in [0.5, 0.6) is 0 Å². The van der Waals surface area contributed by atoms with E-state index in [1.54, 1.807) is 0 Å². The van der Waals surface area contributed by atoms with Crippen LogP contribution in [0.4, 0.5) is 0 Å². The summed E-state index contributed by atoms with van der Waals surface area (Å²) in [4.78, 5) is 0. The normalized spacial score (nSPS) is 40.0. The molecule has 0 aromatic carbocycles. The third-order valence-electron chi connectivity index (χ3n) is 4.73. The van der Waals surface area contributed by atoms with Crippen LogP contribution in [0, 0.1) is 29.1 Å². The molecule has 0 nitrogen and oxygen atoms in total. The molecule has 92 valence electrons. The number of hydrogen-bond donors (Lipinski definition) is 0. The van der Waals surface area contributed by atoms with Gasteiger partial charge in [-0.1, -0.05) is 55.4 Å². The molecule has 0 aliphatic heterocycles. The zero-order chi connectivity index (χ0) is 12.2. The maximum Gasteiger partial charge on any atom is -0.0295 e. The van der Waals surface area contributed by atoms with Crippen LogP contribution in [0.15, 0.2) is 0 Å². The van der Waals surface area contributed by atoms with Crippen molar-refractivity contribution >= 4 is 0 Å². The number of hydrogen-bond acceptors (Lipinski definition) is 0. The molecule has 3 aliphatic rings. The highest BCUT2D eigenvalue weighted by Gasteiger charge is 2.54. The molecule has 0 spiro atoms. The first-order valence-corrected chi connectivity index (χ1v) is 7.03. The van der Waals surface area contributed by atoms with E-state index in [0.29, 0.717) is 5.41 Å². The van der Waals surface area contributed by atoms with Gasteiger partial charge in [0.05, 0.1) is 0 Å². The van der Waals surface area contributed by atoms with Gasteiger partial charge in [-0.3, -0.25) is 0 Å². The lowest BCUT2D eigenvalue weighted by Gasteiger charge is -2.61. The Labute approximate surface area is 97.8 Å². The van der Waals surface area contributed by atoms with E-state index in [4.69, 9.17) is 0 Å². The van der Waals surface area contributed by atoms with Crippen molar-refractivity contribution < 1.29 is 0 Å². The highest BCUT2D eigenvalue weighted by Crippen LogP contribution is 2.62. The molecular weight excluding hydrogens is 180 g/mol.